The Kier molecular flexibility index (Phi) is 17.8. The van der Waals surface area contributed by atoms with Crippen molar-refractivity contribution in [3.05, 3.63) is 54.3 Å². The first kappa shape index (κ1) is 22.2. The fourth-order valence-electron chi connectivity index (χ4n) is 2.35. The maximum Gasteiger partial charge on any atom is 0.336 e. The van der Waals surface area contributed by atoms with Crippen molar-refractivity contribution in [2.45, 2.75) is 77.6 Å². The average Bonchev–Trinajstić information content (AvgIpc) is 2.56. The Morgan fingerprint density at radius 3 is 1.96 bits per heavy atom. The number of unbranched alkanes of at least 4 members (excludes halogenated alkanes) is 10. The van der Waals surface area contributed by atoms with Gasteiger partial charge in [-0.05, 0) is 18.9 Å². The maximum atomic E-state index is 10.2. The zero-order chi connectivity index (χ0) is 17.7. The molecule has 0 amide bonds. The van der Waals surface area contributed by atoms with E-state index in [0.717, 1.165) is 12.5 Å². The average molecular weight is 331 g/mol. The predicted octanol–water partition coefficient (Wildman–Crippen LogP) is 6.76. The fraction of sp³-hybridized carbons (Fsp3) is 0.545. The van der Waals surface area contributed by atoms with Gasteiger partial charge in [-0.3, -0.25) is 0 Å². The predicted molar refractivity (Wildman–Crippen MR) is 104 cm³/mol. The van der Waals surface area contributed by atoms with Crippen LogP contribution in [-0.2, 0) is 4.79 Å². The monoisotopic (exact) mass is 330 g/mol. The largest absolute Gasteiger partial charge is 0.478 e. The van der Waals surface area contributed by atoms with Gasteiger partial charge < -0.3 is 5.11 Å². The number of carbonyl (C=O) groups is 1. The van der Waals surface area contributed by atoms with Crippen LogP contribution in [0.25, 0.3) is 0 Å². The highest BCUT2D eigenvalue weighted by atomic mass is 16.4. The summed E-state index contributed by atoms with van der Waals surface area (Å²) in [7, 11) is 0. The number of carboxylic acid groups (broad SMARTS) is 1. The Morgan fingerprint density at radius 2 is 1.33 bits per heavy atom. The Bertz CT molecular complexity index is 435. The highest BCUT2D eigenvalue weighted by Crippen LogP contribution is 2.11. The Hall–Kier alpha value is -1.79. The number of hydrogen-bond acceptors (Lipinski definition) is 1. The molecule has 0 aliphatic rings. The van der Waals surface area contributed by atoms with Crippen molar-refractivity contribution in [3.8, 4) is 0 Å². The van der Waals surface area contributed by atoms with Gasteiger partial charge in [-0.15, -0.1) is 5.73 Å². The minimum atomic E-state index is -0.981. The molecular weight excluding hydrogens is 296 g/mol. The molecule has 0 heterocycles. The molecule has 0 spiro atoms. The SMILES string of the molecule is CCCCCCCCCCCC/C=C/C=C/C=C/C=C=CC(=O)O. The number of hydrogen-bond donors (Lipinski definition) is 1. The first-order chi connectivity index (χ1) is 11.8. The van der Waals surface area contributed by atoms with Crippen molar-refractivity contribution >= 4 is 5.97 Å². The lowest BCUT2D eigenvalue weighted by Gasteiger charge is -2.01. The van der Waals surface area contributed by atoms with Crippen LogP contribution in [0.4, 0.5) is 0 Å². The van der Waals surface area contributed by atoms with Crippen LogP contribution in [0.15, 0.2) is 54.3 Å². The molecule has 1 N–H and O–H groups in total. The molecule has 0 bridgehead atoms. The molecule has 134 valence electrons. The van der Waals surface area contributed by atoms with Crippen LogP contribution in [-0.4, -0.2) is 11.1 Å². The van der Waals surface area contributed by atoms with Gasteiger partial charge in [-0.2, -0.15) is 0 Å². The van der Waals surface area contributed by atoms with Gasteiger partial charge in [-0.25, -0.2) is 4.79 Å². The van der Waals surface area contributed by atoms with Gasteiger partial charge in [-0.1, -0.05) is 101 Å². The van der Waals surface area contributed by atoms with Gasteiger partial charge in [0.1, 0.15) is 0 Å². The van der Waals surface area contributed by atoms with E-state index in [1.54, 1.807) is 12.2 Å². The summed E-state index contributed by atoms with van der Waals surface area (Å²) in [5.74, 6) is -0.981. The summed E-state index contributed by atoms with van der Waals surface area (Å²) in [6, 6.07) is 0. The lowest BCUT2D eigenvalue weighted by atomic mass is 10.1. The minimum Gasteiger partial charge on any atom is -0.478 e. The molecule has 0 aliphatic heterocycles. The summed E-state index contributed by atoms with van der Waals surface area (Å²) in [5, 5.41) is 8.37. The third-order valence-electron chi connectivity index (χ3n) is 3.70. The molecule has 0 saturated carbocycles. The van der Waals surface area contributed by atoms with Crippen LogP contribution in [0.3, 0.4) is 0 Å². The van der Waals surface area contributed by atoms with E-state index in [1.165, 1.54) is 64.2 Å². The Labute approximate surface area is 148 Å². The summed E-state index contributed by atoms with van der Waals surface area (Å²) >= 11 is 0. The van der Waals surface area contributed by atoms with Gasteiger partial charge >= 0.3 is 5.97 Å². The Morgan fingerprint density at radius 1 is 0.792 bits per heavy atom. The third-order valence-corrected chi connectivity index (χ3v) is 3.70. The van der Waals surface area contributed by atoms with Gasteiger partial charge in [0.25, 0.3) is 0 Å². The van der Waals surface area contributed by atoms with E-state index in [0.29, 0.717) is 0 Å². The number of aliphatic carboxylic acids is 1. The second-order valence-corrected chi connectivity index (χ2v) is 5.98. The molecule has 0 aromatic heterocycles. The molecule has 0 radical (unpaired) electrons. The summed E-state index contributed by atoms with van der Waals surface area (Å²) in [6.45, 7) is 2.26. The molecule has 0 aromatic carbocycles. The van der Waals surface area contributed by atoms with E-state index in [-0.39, 0.29) is 0 Å². The highest BCUT2D eigenvalue weighted by molar-refractivity contribution is 5.79. The Balaban J connectivity index is 3.40. The van der Waals surface area contributed by atoms with Gasteiger partial charge in [0, 0.05) is 0 Å². The number of allylic oxidation sites excluding steroid dienone is 6. The molecular formula is C22H34O2. The summed E-state index contributed by atoms with van der Waals surface area (Å²) in [4.78, 5) is 10.2. The van der Waals surface area contributed by atoms with Crippen molar-refractivity contribution < 1.29 is 9.90 Å². The first-order valence-electron chi connectivity index (χ1n) is 9.41. The van der Waals surface area contributed by atoms with E-state index in [4.69, 9.17) is 5.11 Å². The zero-order valence-corrected chi connectivity index (χ0v) is 15.3. The van der Waals surface area contributed by atoms with Gasteiger partial charge in [0.2, 0.25) is 0 Å². The molecule has 24 heavy (non-hydrogen) atoms. The molecule has 0 aliphatic carbocycles. The lowest BCUT2D eigenvalue weighted by molar-refractivity contribution is -0.131. The van der Waals surface area contributed by atoms with Gasteiger partial charge in [0.05, 0.1) is 6.08 Å². The smallest absolute Gasteiger partial charge is 0.336 e. The second kappa shape index (κ2) is 19.3. The van der Waals surface area contributed by atoms with Crippen molar-refractivity contribution in [1.82, 2.24) is 0 Å². The molecule has 0 unspecified atom stereocenters. The molecule has 0 rings (SSSR count). The van der Waals surface area contributed by atoms with Crippen molar-refractivity contribution in [2.75, 3.05) is 0 Å². The molecule has 2 nitrogen and oxygen atoms in total. The third kappa shape index (κ3) is 20.2. The van der Waals surface area contributed by atoms with E-state index >= 15 is 0 Å². The number of carboxylic acids is 1. The van der Waals surface area contributed by atoms with Crippen molar-refractivity contribution in [3.63, 3.8) is 0 Å². The van der Waals surface area contributed by atoms with E-state index in [9.17, 15) is 4.79 Å². The summed E-state index contributed by atoms with van der Waals surface area (Å²) in [6.07, 6.45) is 29.3. The van der Waals surface area contributed by atoms with Crippen LogP contribution < -0.4 is 0 Å². The molecule has 0 atom stereocenters. The quantitative estimate of drug-likeness (QED) is 0.156. The molecule has 0 saturated heterocycles. The molecule has 0 aromatic rings. The second-order valence-electron chi connectivity index (χ2n) is 5.98. The topological polar surface area (TPSA) is 37.3 Å². The van der Waals surface area contributed by atoms with E-state index in [1.807, 2.05) is 18.2 Å². The standard InChI is InChI=1S/C22H34O2/c1-2-3-4-5-6-7-8-9-10-11-12-13-14-15-16-17-18-19-20-21-22(23)24/h13-19,21H,2-12H2,1H3,(H,23,24)/b14-13+,16-15+,18-17+. The summed E-state index contributed by atoms with van der Waals surface area (Å²) in [5.41, 5.74) is 2.55. The molecule has 0 fully saturated rings. The van der Waals surface area contributed by atoms with Crippen LogP contribution in [0.1, 0.15) is 77.6 Å². The fourth-order valence-corrected chi connectivity index (χ4v) is 2.35. The lowest BCUT2D eigenvalue weighted by Crippen LogP contribution is -1.83. The summed E-state index contributed by atoms with van der Waals surface area (Å²) < 4.78 is 0. The number of rotatable bonds is 15. The first-order valence-corrected chi connectivity index (χ1v) is 9.41. The minimum absolute atomic E-state index is 0.981. The zero-order valence-electron chi connectivity index (χ0n) is 15.3. The maximum absolute atomic E-state index is 10.2. The highest BCUT2D eigenvalue weighted by Gasteiger charge is 1.91. The van der Waals surface area contributed by atoms with Crippen LogP contribution >= 0.6 is 0 Å². The van der Waals surface area contributed by atoms with Crippen LogP contribution in [0.2, 0.25) is 0 Å². The van der Waals surface area contributed by atoms with Crippen molar-refractivity contribution in [2.24, 2.45) is 0 Å². The normalized spacial score (nSPS) is 11.4. The van der Waals surface area contributed by atoms with Gasteiger partial charge in [0.15, 0.2) is 0 Å². The molecule has 2 heteroatoms. The van der Waals surface area contributed by atoms with Crippen LogP contribution in [0, 0.1) is 0 Å². The van der Waals surface area contributed by atoms with Crippen molar-refractivity contribution in [1.29, 1.82) is 0 Å². The van der Waals surface area contributed by atoms with Crippen LogP contribution in [0.5, 0.6) is 0 Å². The van der Waals surface area contributed by atoms with E-state index < -0.39 is 5.97 Å². The van der Waals surface area contributed by atoms with E-state index in [2.05, 4.69) is 24.8 Å².